The summed E-state index contributed by atoms with van der Waals surface area (Å²) in [7, 11) is -2.15. The number of nitrogens with zero attached hydrogens (tertiary/aromatic N) is 1. The Morgan fingerprint density at radius 2 is 1.77 bits per heavy atom. The number of carbonyl (C=O) groups excluding carboxylic acids is 1. The molecule has 1 atom stereocenters. The van der Waals surface area contributed by atoms with Crippen molar-refractivity contribution in [2.75, 3.05) is 38.9 Å². The van der Waals surface area contributed by atoms with Crippen molar-refractivity contribution in [3.8, 4) is 0 Å². The van der Waals surface area contributed by atoms with E-state index in [0.717, 1.165) is 60.8 Å². The van der Waals surface area contributed by atoms with Crippen LogP contribution in [0.4, 0.5) is 5.69 Å². The second kappa shape index (κ2) is 16.0. The molecule has 2 heterocycles. The molecule has 0 saturated carbocycles. The lowest BCUT2D eigenvalue weighted by Crippen LogP contribution is -2.37. The third kappa shape index (κ3) is 9.74. The van der Waals surface area contributed by atoms with Gasteiger partial charge in [-0.15, -0.1) is 0 Å². The molecule has 12 nitrogen and oxygen atoms in total. The second-order valence-corrected chi connectivity index (χ2v) is 13.1. The highest BCUT2D eigenvalue weighted by Crippen LogP contribution is 2.21. The van der Waals surface area contributed by atoms with Crippen LogP contribution in [0, 0.1) is 13.8 Å². The van der Waals surface area contributed by atoms with Gasteiger partial charge < -0.3 is 30.0 Å². The summed E-state index contributed by atoms with van der Waals surface area (Å²) in [4.78, 5) is 38.5. The van der Waals surface area contributed by atoms with Crippen LogP contribution >= 0.6 is 0 Å². The van der Waals surface area contributed by atoms with Gasteiger partial charge in [0.15, 0.2) is 16.1 Å². The number of aliphatic hydroxyl groups is 1. The molecule has 2 aromatic carbocycles. The molecule has 1 saturated heterocycles. The minimum Gasteiger partial charge on any atom is -0.465 e. The number of esters is 1. The van der Waals surface area contributed by atoms with Crippen LogP contribution in [0.3, 0.4) is 0 Å². The Morgan fingerprint density at radius 1 is 1.09 bits per heavy atom. The number of sulfone groups is 1. The molecule has 0 spiro atoms. The monoisotopic (exact) mass is 633 g/mol. The number of aromatic nitrogens is 2. The lowest BCUT2D eigenvalue weighted by molar-refractivity contribution is -0.162. The van der Waals surface area contributed by atoms with E-state index in [4.69, 9.17) is 25.1 Å². The number of nitrogens with two attached hydrogens (primary N) is 1. The summed E-state index contributed by atoms with van der Waals surface area (Å²) < 4.78 is 39.4. The molecule has 242 valence electrons. The number of hydrogen-bond donors (Lipinski definition) is 3. The Kier molecular flexibility index (Phi) is 12.7. The van der Waals surface area contributed by atoms with Crippen molar-refractivity contribution in [3.63, 3.8) is 0 Å². The average molecular weight is 634 g/mol. The van der Waals surface area contributed by atoms with Crippen LogP contribution in [-0.4, -0.2) is 68.5 Å². The number of rotatable bonds is 11. The van der Waals surface area contributed by atoms with Gasteiger partial charge in [0, 0.05) is 25.2 Å². The van der Waals surface area contributed by atoms with Gasteiger partial charge in [-0.05, 0) is 105 Å². The number of H-pyrrole nitrogens is 1. The molecule has 4 rings (SSSR count). The zero-order valence-electron chi connectivity index (χ0n) is 25.8. The third-order valence-electron chi connectivity index (χ3n) is 7.35. The Balaban J connectivity index is 0.000000240. The highest BCUT2D eigenvalue weighted by molar-refractivity contribution is 7.89. The first-order valence-corrected chi connectivity index (χ1v) is 16.7. The molecule has 0 aliphatic carbocycles. The fourth-order valence-electron chi connectivity index (χ4n) is 5.00. The minimum atomic E-state index is -3.51. The van der Waals surface area contributed by atoms with Crippen LogP contribution in [0.2, 0.25) is 0 Å². The first-order valence-electron chi connectivity index (χ1n) is 14.6. The molecule has 0 bridgehead atoms. The van der Waals surface area contributed by atoms with Crippen LogP contribution in [0.25, 0.3) is 10.9 Å². The molecular formula is C31H43N3O9S. The van der Waals surface area contributed by atoms with Crippen LogP contribution in [0.1, 0.15) is 64.7 Å². The lowest BCUT2D eigenvalue weighted by Gasteiger charge is -2.22. The first kappa shape index (κ1) is 35.0. The Morgan fingerprint density at radius 3 is 2.41 bits per heavy atom. The van der Waals surface area contributed by atoms with Gasteiger partial charge in [0.2, 0.25) is 0 Å². The van der Waals surface area contributed by atoms with Gasteiger partial charge in [0.25, 0.3) is 5.56 Å². The molecule has 13 heteroatoms. The number of nitrogen functional groups attached to an aromatic ring is 1. The molecule has 3 aromatic rings. The van der Waals surface area contributed by atoms with Crippen molar-refractivity contribution in [1.29, 1.82) is 0 Å². The van der Waals surface area contributed by atoms with Crippen LogP contribution in [-0.2, 0) is 42.8 Å². The van der Waals surface area contributed by atoms with Crippen molar-refractivity contribution < 1.29 is 32.5 Å². The molecule has 44 heavy (non-hydrogen) atoms. The van der Waals surface area contributed by atoms with Gasteiger partial charge in [0.05, 0.1) is 30.2 Å². The second-order valence-electron chi connectivity index (χ2n) is 11.0. The smallest absolute Gasteiger partial charge is 0.339 e. The van der Waals surface area contributed by atoms with E-state index in [-0.39, 0.29) is 18.3 Å². The fourth-order valence-corrected chi connectivity index (χ4v) is 5.70. The summed E-state index contributed by atoms with van der Waals surface area (Å²) in [5.41, 5.74) is 9.74. The number of aromatic amines is 1. The van der Waals surface area contributed by atoms with E-state index in [0.29, 0.717) is 40.8 Å². The first-order chi connectivity index (χ1) is 20.8. The number of ether oxygens (including phenoxy) is 3. The maximum Gasteiger partial charge on any atom is 0.339 e. The van der Waals surface area contributed by atoms with Crippen LogP contribution in [0.15, 0.2) is 33.9 Å². The van der Waals surface area contributed by atoms with E-state index < -0.39 is 32.9 Å². The maximum atomic E-state index is 12.4. The summed E-state index contributed by atoms with van der Waals surface area (Å²) in [5, 5.41) is 9.18. The molecule has 4 N–H and O–H groups in total. The number of anilines is 1. The molecular weight excluding hydrogens is 590 g/mol. The highest BCUT2D eigenvalue weighted by Gasteiger charge is 2.16. The van der Waals surface area contributed by atoms with Crippen molar-refractivity contribution in [3.05, 3.63) is 72.9 Å². The molecule has 1 aliphatic heterocycles. The van der Waals surface area contributed by atoms with Gasteiger partial charge in [-0.3, -0.25) is 4.79 Å². The van der Waals surface area contributed by atoms with Crippen molar-refractivity contribution in [2.45, 2.75) is 71.0 Å². The topological polar surface area (TPSA) is 180 Å². The number of nitrogens with one attached hydrogen (secondary N) is 1. The fraction of sp³-hybridized carbons (Fsp3) is 0.516. The average Bonchev–Trinajstić information content (AvgIpc) is 2.97. The number of methoxy groups -OCH3 is 1. The molecule has 1 aliphatic rings. The summed E-state index contributed by atoms with van der Waals surface area (Å²) in [5.74, 6) is -1.05. The summed E-state index contributed by atoms with van der Waals surface area (Å²) >= 11 is 0. The number of aryl methyl sites for hydroxylation is 4. The minimum absolute atomic E-state index is 0.0431. The number of aliphatic hydroxyl groups excluding tert-OH is 1. The number of fused-ring (bicyclic) bond motifs is 1. The molecule has 1 unspecified atom stereocenters. The van der Waals surface area contributed by atoms with Crippen molar-refractivity contribution in [1.82, 2.24) is 9.55 Å². The summed E-state index contributed by atoms with van der Waals surface area (Å²) in [6.07, 6.45) is 7.07. The Bertz CT molecular complexity index is 1670. The Hall–Kier alpha value is -3.52. The largest absolute Gasteiger partial charge is 0.465 e. The van der Waals surface area contributed by atoms with Gasteiger partial charge in [-0.2, -0.15) is 0 Å². The van der Waals surface area contributed by atoms with E-state index in [1.807, 2.05) is 26.0 Å². The van der Waals surface area contributed by atoms with Gasteiger partial charge in [-0.25, -0.2) is 22.6 Å². The number of carbonyl (C=O) groups is 1. The van der Waals surface area contributed by atoms with Gasteiger partial charge >= 0.3 is 11.7 Å². The van der Waals surface area contributed by atoms with Crippen LogP contribution < -0.4 is 17.0 Å². The maximum absolute atomic E-state index is 12.4. The highest BCUT2D eigenvalue weighted by atomic mass is 32.2. The normalized spacial score (nSPS) is 15.1. The van der Waals surface area contributed by atoms with E-state index in [1.54, 1.807) is 12.1 Å². The third-order valence-corrected chi connectivity index (χ3v) is 8.08. The van der Waals surface area contributed by atoms with E-state index in [9.17, 15) is 22.8 Å². The molecule has 1 aromatic heterocycles. The Labute approximate surface area is 257 Å². The van der Waals surface area contributed by atoms with E-state index in [1.165, 1.54) is 13.5 Å². The zero-order chi connectivity index (χ0) is 32.4. The lowest BCUT2D eigenvalue weighted by atomic mass is 9.99. The predicted molar refractivity (Wildman–Crippen MR) is 169 cm³/mol. The van der Waals surface area contributed by atoms with Crippen molar-refractivity contribution >= 4 is 32.4 Å². The predicted octanol–water partition coefficient (Wildman–Crippen LogP) is 2.76. The van der Waals surface area contributed by atoms with Crippen molar-refractivity contribution in [2.24, 2.45) is 0 Å². The quantitative estimate of drug-likeness (QED) is 0.161. The summed E-state index contributed by atoms with van der Waals surface area (Å²) in [6.45, 7) is 5.35. The van der Waals surface area contributed by atoms with Gasteiger partial charge in [-0.1, -0.05) is 0 Å². The van der Waals surface area contributed by atoms with Gasteiger partial charge in [0.1, 0.15) is 5.88 Å². The standard InChI is InChI=1S/C17H25NO4.C14H18N2O5S/c1-12-10-15(18)14(17(19)20-2)11-13(12)6-5-9-22-16-7-3-4-8-21-16;1-9-6-12-11(7-10(9)4-3-5-17)13(18)16(14(19)15-12)8-22(2,20)21/h10-11,16H,3-9,18H2,1-2H3;6-7,17H,3-5,8H2,1-2H3,(H,15,19). The molecule has 0 radical (unpaired) electrons. The van der Waals surface area contributed by atoms with E-state index >= 15 is 0 Å². The number of benzene rings is 2. The van der Waals surface area contributed by atoms with Crippen LogP contribution in [0.5, 0.6) is 0 Å². The van der Waals surface area contributed by atoms with E-state index in [2.05, 4.69) is 4.98 Å². The summed E-state index contributed by atoms with van der Waals surface area (Å²) in [6, 6.07) is 6.99. The SMILES string of the molecule is COC(=O)c1cc(CCCOC2CCCCO2)c(C)cc1N.Cc1cc2[nH]c(=O)n(CS(C)(=O)=O)c(=O)c2cc1CCCO. The number of hydrogen-bond acceptors (Lipinski definition) is 10. The molecule has 1 fully saturated rings. The zero-order valence-corrected chi connectivity index (χ0v) is 26.6. The molecule has 0 amide bonds.